The summed E-state index contributed by atoms with van der Waals surface area (Å²) in [6, 6.07) is 11.3. The van der Waals surface area contributed by atoms with Crippen molar-refractivity contribution in [1.29, 1.82) is 0 Å². The van der Waals surface area contributed by atoms with Crippen LogP contribution >= 0.6 is 11.3 Å². The molecule has 0 aliphatic carbocycles. The van der Waals surface area contributed by atoms with Crippen LogP contribution < -0.4 is 25.0 Å². The van der Waals surface area contributed by atoms with Crippen LogP contribution in [0, 0.1) is 0 Å². The molecule has 6 rings (SSSR count). The van der Waals surface area contributed by atoms with Gasteiger partial charge in [0.25, 0.3) is 5.91 Å². The van der Waals surface area contributed by atoms with Gasteiger partial charge in [-0.15, -0.1) is 11.3 Å². The molecule has 0 bridgehead atoms. The van der Waals surface area contributed by atoms with Gasteiger partial charge in [-0.3, -0.25) is 9.79 Å². The molecule has 188 valence electrons. The second-order valence-corrected chi connectivity index (χ2v) is 9.69. The highest BCUT2D eigenvalue weighted by Gasteiger charge is 2.27. The van der Waals surface area contributed by atoms with Crippen molar-refractivity contribution in [3.8, 4) is 11.5 Å². The summed E-state index contributed by atoms with van der Waals surface area (Å²) in [5.74, 6) is 2.40. The Bertz CT molecular complexity index is 1520. The number of carbonyl (C=O) groups excluding carboxylic acids is 1. The standard InChI is InChI=1S/C26H25N7O3S/c1-35-20-6-5-18(10-21(20)36-2)29-23-22-25(37-14-28-22)32-26(31-23)33-8-7-19(13-33)30-24(34)15-3-4-16-11-27-12-17(16)9-15/h3-6,9-10,12,14,19H,7-8,11,13H2,1-2H3,(H,30,34)(H,29,31,32). The highest BCUT2D eigenvalue weighted by Crippen LogP contribution is 2.33. The van der Waals surface area contributed by atoms with Gasteiger partial charge in [0.1, 0.15) is 5.52 Å². The van der Waals surface area contributed by atoms with Crippen LogP contribution in [0.15, 0.2) is 46.9 Å². The Morgan fingerprint density at radius 1 is 1.11 bits per heavy atom. The van der Waals surface area contributed by atoms with Crippen LogP contribution in [0.4, 0.5) is 17.5 Å². The topological polar surface area (TPSA) is 114 Å². The van der Waals surface area contributed by atoms with Gasteiger partial charge < -0.3 is 25.0 Å². The molecule has 2 aliphatic heterocycles. The Labute approximate surface area is 217 Å². The molecule has 1 atom stereocenters. The number of thiazole rings is 1. The number of aromatic nitrogens is 3. The van der Waals surface area contributed by atoms with Crippen LogP contribution in [-0.4, -0.2) is 60.4 Å². The zero-order chi connectivity index (χ0) is 25.4. The van der Waals surface area contributed by atoms with Crippen molar-refractivity contribution in [2.75, 3.05) is 37.5 Å². The lowest BCUT2D eigenvalue weighted by molar-refractivity contribution is 0.0940. The van der Waals surface area contributed by atoms with Crippen LogP contribution in [-0.2, 0) is 6.54 Å². The summed E-state index contributed by atoms with van der Waals surface area (Å²) in [5.41, 5.74) is 6.07. The number of carbonyl (C=O) groups is 1. The monoisotopic (exact) mass is 515 g/mol. The summed E-state index contributed by atoms with van der Waals surface area (Å²) in [6.45, 7) is 2.04. The Hall–Kier alpha value is -4.25. The van der Waals surface area contributed by atoms with Gasteiger partial charge in [-0.1, -0.05) is 6.07 Å². The Balaban J connectivity index is 1.19. The van der Waals surface area contributed by atoms with Gasteiger partial charge in [0.2, 0.25) is 5.95 Å². The predicted octanol–water partition coefficient (Wildman–Crippen LogP) is 3.79. The lowest BCUT2D eigenvalue weighted by atomic mass is 10.1. The molecule has 1 unspecified atom stereocenters. The zero-order valence-corrected chi connectivity index (χ0v) is 21.2. The van der Waals surface area contributed by atoms with E-state index in [-0.39, 0.29) is 11.9 Å². The molecule has 37 heavy (non-hydrogen) atoms. The van der Waals surface area contributed by atoms with Crippen molar-refractivity contribution in [1.82, 2.24) is 20.3 Å². The molecule has 2 aliphatic rings. The number of benzene rings is 2. The van der Waals surface area contributed by atoms with Crippen molar-refractivity contribution in [2.45, 2.75) is 19.0 Å². The number of hydrogen-bond acceptors (Lipinski definition) is 10. The first-order valence-corrected chi connectivity index (χ1v) is 12.8. The summed E-state index contributed by atoms with van der Waals surface area (Å²) >= 11 is 1.46. The van der Waals surface area contributed by atoms with E-state index < -0.39 is 0 Å². The fraction of sp³-hybridized carbons (Fsp3) is 0.269. The number of amides is 1. The number of anilines is 3. The number of ether oxygens (including phenoxy) is 2. The lowest BCUT2D eigenvalue weighted by Crippen LogP contribution is -2.37. The van der Waals surface area contributed by atoms with E-state index in [1.165, 1.54) is 11.3 Å². The smallest absolute Gasteiger partial charge is 0.251 e. The highest BCUT2D eigenvalue weighted by atomic mass is 32.1. The Morgan fingerprint density at radius 2 is 2.00 bits per heavy atom. The molecule has 1 saturated heterocycles. The number of hydrogen-bond donors (Lipinski definition) is 2. The summed E-state index contributed by atoms with van der Waals surface area (Å²) in [6.07, 6.45) is 2.63. The number of fused-ring (bicyclic) bond motifs is 2. The maximum Gasteiger partial charge on any atom is 0.251 e. The highest BCUT2D eigenvalue weighted by molar-refractivity contribution is 7.16. The second-order valence-electron chi connectivity index (χ2n) is 8.86. The van der Waals surface area contributed by atoms with Crippen molar-refractivity contribution in [3.63, 3.8) is 0 Å². The number of rotatable bonds is 7. The van der Waals surface area contributed by atoms with Crippen LogP contribution in [0.2, 0.25) is 0 Å². The molecule has 2 N–H and O–H groups in total. The number of aliphatic imine (C=N–C) groups is 1. The first-order chi connectivity index (χ1) is 18.1. The first kappa shape index (κ1) is 23.2. The molecule has 0 radical (unpaired) electrons. The first-order valence-electron chi connectivity index (χ1n) is 11.9. The Kier molecular flexibility index (Phi) is 6.05. The molecule has 2 aromatic carbocycles. The van der Waals surface area contributed by atoms with E-state index in [0.717, 1.165) is 34.6 Å². The number of methoxy groups -OCH3 is 2. The maximum absolute atomic E-state index is 12.9. The van der Waals surface area contributed by atoms with E-state index >= 15 is 0 Å². The minimum Gasteiger partial charge on any atom is -0.493 e. The summed E-state index contributed by atoms with van der Waals surface area (Å²) in [7, 11) is 3.21. The van der Waals surface area contributed by atoms with E-state index in [1.807, 2.05) is 42.6 Å². The molecule has 0 spiro atoms. The van der Waals surface area contributed by atoms with Crippen molar-refractivity contribution in [3.05, 3.63) is 58.6 Å². The van der Waals surface area contributed by atoms with Gasteiger partial charge >= 0.3 is 0 Å². The van der Waals surface area contributed by atoms with Gasteiger partial charge in [-0.05, 0) is 41.8 Å². The van der Waals surface area contributed by atoms with Crippen molar-refractivity contribution in [2.24, 2.45) is 4.99 Å². The third-order valence-corrected chi connectivity index (χ3v) is 7.26. The molecule has 10 nitrogen and oxygen atoms in total. The molecule has 4 heterocycles. The number of nitrogens with one attached hydrogen (secondary N) is 2. The third-order valence-electron chi connectivity index (χ3n) is 6.54. The van der Waals surface area contributed by atoms with E-state index in [4.69, 9.17) is 19.4 Å². The van der Waals surface area contributed by atoms with E-state index in [1.54, 1.807) is 19.7 Å². The molecule has 11 heteroatoms. The van der Waals surface area contributed by atoms with Gasteiger partial charge in [-0.2, -0.15) is 9.97 Å². The maximum atomic E-state index is 12.9. The summed E-state index contributed by atoms with van der Waals surface area (Å²) in [4.78, 5) is 34.1. The van der Waals surface area contributed by atoms with Crippen molar-refractivity contribution >= 4 is 51.3 Å². The van der Waals surface area contributed by atoms with Gasteiger partial charge in [0, 0.05) is 42.7 Å². The van der Waals surface area contributed by atoms with Crippen LogP contribution in [0.25, 0.3) is 10.3 Å². The largest absolute Gasteiger partial charge is 0.493 e. The summed E-state index contributed by atoms with van der Waals surface area (Å²) in [5, 5.41) is 6.52. The average Bonchev–Trinajstić information content (AvgIpc) is 3.68. The van der Waals surface area contributed by atoms with E-state index in [2.05, 4.69) is 25.5 Å². The fourth-order valence-corrected chi connectivity index (χ4v) is 5.25. The molecule has 1 fully saturated rings. The van der Waals surface area contributed by atoms with Crippen LogP contribution in [0.3, 0.4) is 0 Å². The normalized spacial score (nSPS) is 16.2. The van der Waals surface area contributed by atoms with Crippen LogP contribution in [0.1, 0.15) is 27.9 Å². The lowest BCUT2D eigenvalue weighted by Gasteiger charge is -2.18. The second kappa shape index (κ2) is 9.66. The van der Waals surface area contributed by atoms with E-state index in [9.17, 15) is 4.79 Å². The number of nitrogens with zero attached hydrogens (tertiary/aromatic N) is 5. The average molecular weight is 516 g/mol. The zero-order valence-electron chi connectivity index (χ0n) is 20.4. The molecule has 4 aromatic rings. The SMILES string of the molecule is COc1ccc(Nc2nc(N3CCC(NC(=O)c4ccc5c(c4)C=NC5)C3)nc3scnc23)cc1OC. The van der Waals surface area contributed by atoms with E-state index in [0.29, 0.717) is 47.4 Å². The minimum absolute atomic E-state index is 0.00237. The van der Waals surface area contributed by atoms with Gasteiger partial charge in [0.15, 0.2) is 22.1 Å². The third kappa shape index (κ3) is 4.53. The quantitative estimate of drug-likeness (QED) is 0.382. The molecular weight excluding hydrogens is 490 g/mol. The van der Waals surface area contributed by atoms with Gasteiger partial charge in [0.05, 0.1) is 26.3 Å². The molecule has 2 aromatic heterocycles. The summed E-state index contributed by atoms with van der Waals surface area (Å²) < 4.78 is 10.8. The van der Waals surface area contributed by atoms with Crippen LogP contribution in [0.5, 0.6) is 11.5 Å². The fourth-order valence-electron chi connectivity index (χ4n) is 4.60. The molecular formula is C26H25N7O3S. The molecule has 0 saturated carbocycles. The van der Waals surface area contributed by atoms with Crippen molar-refractivity contribution < 1.29 is 14.3 Å². The minimum atomic E-state index is -0.0791. The Morgan fingerprint density at radius 3 is 2.86 bits per heavy atom. The molecule has 1 amide bonds. The predicted molar refractivity (Wildman–Crippen MR) is 144 cm³/mol. The van der Waals surface area contributed by atoms with Gasteiger partial charge in [-0.25, -0.2) is 4.98 Å².